The summed E-state index contributed by atoms with van der Waals surface area (Å²) in [7, 11) is 0. The van der Waals surface area contributed by atoms with E-state index in [2.05, 4.69) is 5.32 Å². The van der Waals surface area contributed by atoms with Gasteiger partial charge in [0.1, 0.15) is 0 Å². The predicted octanol–water partition coefficient (Wildman–Crippen LogP) is 2.09. The minimum absolute atomic E-state index is 0.181. The molecule has 2 N–H and O–H groups in total. The Morgan fingerprint density at radius 1 is 1.42 bits per heavy atom. The fourth-order valence-corrected chi connectivity index (χ4v) is 2.70. The molecular weight excluding hydrogens is 308 g/mol. The van der Waals surface area contributed by atoms with Crippen LogP contribution in [-0.2, 0) is 4.74 Å². The average Bonchev–Trinajstić information content (AvgIpc) is 2.79. The van der Waals surface area contributed by atoms with Gasteiger partial charge in [-0.3, -0.25) is 9.59 Å². The van der Waals surface area contributed by atoms with Crippen LogP contribution in [-0.4, -0.2) is 47.6 Å². The fraction of sp³-hybridized carbons (Fsp3) is 0.556. The molecule has 0 aliphatic carbocycles. The Bertz CT molecular complexity index is 601. The molecule has 6 heteroatoms. The zero-order valence-corrected chi connectivity index (χ0v) is 14.5. The molecule has 24 heavy (non-hydrogen) atoms. The minimum atomic E-state index is -0.919. The van der Waals surface area contributed by atoms with Gasteiger partial charge < -0.3 is 20.1 Å². The van der Waals surface area contributed by atoms with Crippen molar-refractivity contribution in [3.05, 3.63) is 34.9 Å². The number of amides is 2. The fourth-order valence-electron chi connectivity index (χ4n) is 2.70. The number of nitrogens with one attached hydrogen (secondary N) is 1. The van der Waals surface area contributed by atoms with Gasteiger partial charge >= 0.3 is 0 Å². The van der Waals surface area contributed by atoms with Gasteiger partial charge in [-0.25, -0.2) is 0 Å². The molecule has 1 heterocycles. The first kappa shape index (κ1) is 18.4. The van der Waals surface area contributed by atoms with Gasteiger partial charge in [0.25, 0.3) is 11.8 Å². The van der Waals surface area contributed by atoms with Crippen LogP contribution in [0.25, 0.3) is 0 Å². The summed E-state index contributed by atoms with van der Waals surface area (Å²) in [6.07, 6.45) is 0.762. The Labute approximate surface area is 142 Å². The van der Waals surface area contributed by atoms with Crippen LogP contribution in [0.15, 0.2) is 18.2 Å². The molecule has 0 fully saturated rings. The maximum Gasteiger partial charge on any atom is 0.256 e. The second-order valence-electron chi connectivity index (χ2n) is 6.20. The maximum absolute atomic E-state index is 12.4. The molecule has 2 rings (SSSR count). The number of rotatable bonds is 8. The van der Waals surface area contributed by atoms with Gasteiger partial charge in [0, 0.05) is 36.4 Å². The lowest BCUT2D eigenvalue weighted by molar-refractivity contribution is 0.0177. The summed E-state index contributed by atoms with van der Waals surface area (Å²) in [5.74, 6) is -0.446. The molecule has 1 aliphatic heterocycles. The third-order valence-corrected chi connectivity index (χ3v) is 3.90. The number of benzene rings is 1. The number of carbonyl (C=O) groups excluding carboxylic acids is 2. The zero-order valence-electron chi connectivity index (χ0n) is 14.5. The van der Waals surface area contributed by atoms with Crippen molar-refractivity contribution in [2.75, 3.05) is 19.7 Å². The Hall–Kier alpha value is -1.92. The molecular formula is C18H26N2O4. The monoisotopic (exact) mass is 334 g/mol. The first-order valence-electron chi connectivity index (χ1n) is 8.48. The molecule has 2 amide bonds. The second kappa shape index (κ2) is 8.26. The Morgan fingerprint density at radius 2 is 2.17 bits per heavy atom. The number of carbonyl (C=O) groups is 2. The number of ether oxygens (including phenoxy) is 1. The second-order valence-corrected chi connectivity index (χ2v) is 6.20. The summed E-state index contributed by atoms with van der Waals surface area (Å²) >= 11 is 0. The van der Waals surface area contributed by atoms with Gasteiger partial charge in [-0.15, -0.1) is 0 Å². The molecule has 6 nitrogen and oxygen atoms in total. The van der Waals surface area contributed by atoms with Crippen molar-refractivity contribution < 1.29 is 19.4 Å². The summed E-state index contributed by atoms with van der Waals surface area (Å²) in [6, 6.07) is 4.87. The first-order chi connectivity index (χ1) is 11.5. The molecule has 1 aromatic carbocycles. The number of hydrogen-bond donors (Lipinski definition) is 2. The van der Waals surface area contributed by atoms with E-state index >= 15 is 0 Å². The van der Waals surface area contributed by atoms with Crippen LogP contribution >= 0.6 is 0 Å². The molecule has 0 spiro atoms. The number of fused-ring (bicyclic) bond motifs is 1. The Balaban J connectivity index is 1.97. The van der Waals surface area contributed by atoms with Crippen LogP contribution in [0.4, 0.5) is 0 Å². The topological polar surface area (TPSA) is 78.9 Å². The summed E-state index contributed by atoms with van der Waals surface area (Å²) in [6.45, 7) is 7.49. The number of hydrogen-bond acceptors (Lipinski definition) is 4. The molecule has 0 aromatic heterocycles. The average molecular weight is 334 g/mol. The van der Waals surface area contributed by atoms with E-state index in [1.165, 1.54) is 4.90 Å². The van der Waals surface area contributed by atoms with E-state index < -0.39 is 6.23 Å². The highest BCUT2D eigenvalue weighted by atomic mass is 16.5. The standard InChI is InChI=1S/C18H26N2O4/c1-4-9-20-17(22)14-7-6-13(11-15(14)18(20)23)16(21)19-8-5-10-24-12(2)3/h6-7,11-12,17,22H,4-5,8-10H2,1-3H3,(H,19,21). The van der Waals surface area contributed by atoms with E-state index in [1.807, 2.05) is 20.8 Å². The van der Waals surface area contributed by atoms with Crippen molar-refractivity contribution >= 4 is 11.8 Å². The normalized spacial score (nSPS) is 16.6. The van der Waals surface area contributed by atoms with Gasteiger partial charge in [0.05, 0.1) is 6.10 Å². The number of aliphatic hydroxyl groups excluding tert-OH is 1. The lowest BCUT2D eigenvalue weighted by atomic mass is 10.0. The maximum atomic E-state index is 12.4. The van der Waals surface area contributed by atoms with Crippen LogP contribution in [0.5, 0.6) is 0 Å². The zero-order chi connectivity index (χ0) is 17.7. The van der Waals surface area contributed by atoms with Crippen LogP contribution in [0.2, 0.25) is 0 Å². The van der Waals surface area contributed by atoms with Crippen LogP contribution in [0, 0.1) is 0 Å². The van der Waals surface area contributed by atoms with Crippen molar-refractivity contribution in [1.29, 1.82) is 0 Å². The molecule has 1 atom stereocenters. The van der Waals surface area contributed by atoms with Gasteiger partial charge in [-0.2, -0.15) is 0 Å². The van der Waals surface area contributed by atoms with E-state index in [9.17, 15) is 14.7 Å². The molecule has 0 radical (unpaired) electrons. The SMILES string of the molecule is CCCN1C(=O)c2cc(C(=O)NCCCOC(C)C)ccc2C1O. The van der Waals surface area contributed by atoms with E-state index in [-0.39, 0.29) is 17.9 Å². The molecule has 1 aromatic rings. The summed E-state index contributed by atoms with van der Waals surface area (Å²) < 4.78 is 5.42. The smallest absolute Gasteiger partial charge is 0.256 e. The molecule has 1 aliphatic rings. The van der Waals surface area contributed by atoms with E-state index in [4.69, 9.17) is 4.74 Å². The Morgan fingerprint density at radius 3 is 2.83 bits per heavy atom. The highest BCUT2D eigenvalue weighted by Gasteiger charge is 2.35. The minimum Gasteiger partial charge on any atom is -0.379 e. The van der Waals surface area contributed by atoms with E-state index in [0.717, 1.165) is 12.8 Å². The quantitative estimate of drug-likeness (QED) is 0.714. The summed E-state index contributed by atoms with van der Waals surface area (Å²) in [4.78, 5) is 26.0. The lowest BCUT2D eigenvalue weighted by Gasteiger charge is -2.19. The number of aliphatic hydroxyl groups is 1. The van der Waals surface area contributed by atoms with Crippen LogP contribution in [0.3, 0.4) is 0 Å². The summed E-state index contributed by atoms with van der Waals surface area (Å²) in [5, 5.41) is 13.0. The molecule has 1 unspecified atom stereocenters. The predicted molar refractivity (Wildman–Crippen MR) is 90.8 cm³/mol. The van der Waals surface area contributed by atoms with Crippen molar-refractivity contribution in [3.63, 3.8) is 0 Å². The third kappa shape index (κ3) is 4.13. The van der Waals surface area contributed by atoms with Crippen LogP contribution in [0.1, 0.15) is 66.1 Å². The van der Waals surface area contributed by atoms with E-state index in [1.54, 1.807) is 18.2 Å². The number of nitrogens with zero attached hydrogens (tertiary/aromatic N) is 1. The largest absolute Gasteiger partial charge is 0.379 e. The Kier molecular flexibility index (Phi) is 6.34. The molecule has 0 saturated carbocycles. The highest BCUT2D eigenvalue weighted by Crippen LogP contribution is 2.32. The van der Waals surface area contributed by atoms with E-state index in [0.29, 0.717) is 36.4 Å². The van der Waals surface area contributed by atoms with Gasteiger partial charge in [0.2, 0.25) is 0 Å². The van der Waals surface area contributed by atoms with Gasteiger partial charge in [-0.1, -0.05) is 13.0 Å². The van der Waals surface area contributed by atoms with Gasteiger partial charge in [-0.05, 0) is 38.8 Å². The third-order valence-electron chi connectivity index (χ3n) is 3.90. The molecule has 132 valence electrons. The van der Waals surface area contributed by atoms with Crippen molar-refractivity contribution in [2.24, 2.45) is 0 Å². The molecule has 0 bridgehead atoms. The molecule has 0 saturated heterocycles. The van der Waals surface area contributed by atoms with Crippen LogP contribution < -0.4 is 5.32 Å². The van der Waals surface area contributed by atoms with Crippen molar-refractivity contribution in [2.45, 2.75) is 45.9 Å². The lowest BCUT2D eigenvalue weighted by Crippen LogP contribution is -2.28. The van der Waals surface area contributed by atoms with Crippen molar-refractivity contribution in [3.8, 4) is 0 Å². The van der Waals surface area contributed by atoms with Gasteiger partial charge in [0.15, 0.2) is 6.23 Å². The first-order valence-corrected chi connectivity index (χ1v) is 8.48. The van der Waals surface area contributed by atoms with Crippen molar-refractivity contribution in [1.82, 2.24) is 10.2 Å². The highest BCUT2D eigenvalue weighted by molar-refractivity contribution is 6.02. The summed E-state index contributed by atoms with van der Waals surface area (Å²) in [5.41, 5.74) is 1.40.